The Morgan fingerprint density at radius 2 is 2.29 bits per heavy atom. The summed E-state index contributed by atoms with van der Waals surface area (Å²) in [5.74, 6) is 0. The summed E-state index contributed by atoms with van der Waals surface area (Å²) in [6.07, 6.45) is 5.33. The average molecular weight is 118 g/mol. The van der Waals surface area contributed by atoms with Crippen LogP contribution in [0.2, 0.25) is 0 Å². The Bertz CT molecular complexity index is 80.1. The molecule has 1 heterocycles. The van der Waals surface area contributed by atoms with Crippen molar-refractivity contribution in [2.24, 2.45) is 0 Å². The molecular weight excluding hydrogens is 110 g/mol. The van der Waals surface area contributed by atoms with Crippen LogP contribution >= 0.6 is 11.8 Å². The molecule has 1 aliphatic heterocycles. The fourth-order valence-corrected chi connectivity index (χ4v) is 0.790. The molecule has 0 aromatic rings. The second-order valence-electron chi connectivity index (χ2n) is 1.63. The van der Waals surface area contributed by atoms with E-state index in [1.807, 2.05) is 0 Å². The van der Waals surface area contributed by atoms with Gasteiger partial charge in [0.25, 0.3) is 0 Å². The van der Waals surface area contributed by atoms with Gasteiger partial charge >= 0.3 is 0 Å². The van der Waals surface area contributed by atoms with Gasteiger partial charge in [0.2, 0.25) is 0 Å². The second kappa shape index (κ2) is 2.34. The highest BCUT2D eigenvalue weighted by Gasteiger charge is 1.98. The van der Waals surface area contributed by atoms with Gasteiger partial charge in [0, 0.05) is 13.1 Å². The van der Waals surface area contributed by atoms with Gasteiger partial charge in [0.05, 0.1) is 0 Å². The normalized spacial score (nSPS) is 23.0. The van der Waals surface area contributed by atoms with Crippen molar-refractivity contribution in [1.29, 1.82) is 0 Å². The van der Waals surface area contributed by atoms with Crippen LogP contribution in [0.4, 0.5) is 0 Å². The van der Waals surface area contributed by atoms with Crippen molar-refractivity contribution >= 4 is 11.8 Å². The minimum atomic E-state index is 0.904. The van der Waals surface area contributed by atoms with Crippen molar-refractivity contribution in [3.63, 3.8) is 0 Å². The maximum absolute atomic E-state index is 5.60. The minimum absolute atomic E-state index is 0.904. The number of rotatable bonds is 0. The number of nitrogens with zero attached hydrogens (tertiary/aromatic N) is 1. The summed E-state index contributed by atoms with van der Waals surface area (Å²) >= 11 is 5.60. The highest BCUT2D eigenvalue weighted by Crippen LogP contribution is 2.01. The first-order valence-electron chi connectivity index (χ1n) is 2.45. The summed E-state index contributed by atoms with van der Waals surface area (Å²) in [6.45, 7) is 1.90. The Labute approximate surface area is 48.7 Å². The highest BCUT2D eigenvalue weighted by atomic mass is 35.5. The monoisotopic (exact) mass is 117 g/mol. The molecular formula is C5H8ClN. The van der Waals surface area contributed by atoms with E-state index >= 15 is 0 Å². The first kappa shape index (κ1) is 5.13. The molecule has 1 rings (SSSR count). The van der Waals surface area contributed by atoms with Gasteiger partial charge in [-0.2, -0.15) is 0 Å². The van der Waals surface area contributed by atoms with Gasteiger partial charge < -0.3 is 0 Å². The van der Waals surface area contributed by atoms with E-state index in [-0.39, 0.29) is 0 Å². The third-order valence-electron chi connectivity index (χ3n) is 1.01. The van der Waals surface area contributed by atoms with Crippen molar-refractivity contribution in [3.8, 4) is 0 Å². The smallest absolute Gasteiger partial charge is 0.0319 e. The molecule has 0 aliphatic carbocycles. The lowest BCUT2D eigenvalue weighted by Gasteiger charge is -2.12. The molecule has 0 fully saturated rings. The third-order valence-corrected chi connectivity index (χ3v) is 1.32. The lowest BCUT2D eigenvalue weighted by Crippen LogP contribution is -2.15. The Morgan fingerprint density at radius 1 is 1.43 bits per heavy atom. The first-order chi connectivity index (χ1) is 3.39. The van der Waals surface area contributed by atoms with E-state index in [4.69, 9.17) is 11.8 Å². The van der Waals surface area contributed by atoms with Crippen molar-refractivity contribution < 1.29 is 0 Å². The molecule has 0 aromatic heterocycles. The SMILES string of the molecule is ClN1CC=CCC1. The Kier molecular flexibility index (Phi) is 1.71. The van der Waals surface area contributed by atoms with E-state index < -0.39 is 0 Å². The van der Waals surface area contributed by atoms with Gasteiger partial charge in [0.15, 0.2) is 0 Å². The predicted octanol–water partition coefficient (Wildman–Crippen LogP) is 1.40. The van der Waals surface area contributed by atoms with Crippen LogP contribution in [0.25, 0.3) is 0 Å². The van der Waals surface area contributed by atoms with Crippen LogP contribution in [0.1, 0.15) is 6.42 Å². The number of halogens is 1. The van der Waals surface area contributed by atoms with Gasteiger partial charge in [-0.05, 0) is 18.2 Å². The standard InChI is InChI=1S/C5H8ClN/c6-7-4-2-1-3-5-7/h1-2H,3-5H2. The van der Waals surface area contributed by atoms with E-state index in [0.29, 0.717) is 0 Å². The van der Waals surface area contributed by atoms with Crippen LogP contribution in [0.15, 0.2) is 12.2 Å². The lowest BCUT2D eigenvalue weighted by molar-refractivity contribution is 0.493. The van der Waals surface area contributed by atoms with Crippen molar-refractivity contribution in [1.82, 2.24) is 4.42 Å². The number of hydrogen-bond acceptors (Lipinski definition) is 1. The molecule has 1 nitrogen and oxygen atoms in total. The Morgan fingerprint density at radius 3 is 2.57 bits per heavy atom. The summed E-state index contributed by atoms with van der Waals surface area (Å²) in [5, 5.41) is 0. The molecule has 0 radical (unpaired) electrons. The largest absolute Gasteiger partial charge is 0.216 e. The van der Waals surface area contributed by atoms with Crippen LogP contribution in [-0.4, -0.2) is 17.5 Å². The molecule has 0 saturated carbocycles. The lowest BCUT2D eigenvalue weighted by atomic mass is 10.3. The summed E-state index contributed by atoms with van der Waals surface area (Å²) in [7, 11) is 0. The van der Waals surface area contributed by atoms with Gasteiger partial charge in [-0.3, -0.25) is 0 Å². The number of hydrogen-bond donors (Lipinski definition) is 0. The van der Waals surface area contributed by atoms with E-state index in [1.165, 1.54) is 0 Å². The van der Waals surface area contributed by atoms with Crippen LogP contribution in [-0.2, 0) is 0 Å². The summed E-state index contributed by atoms with van der Waals surface area (Å²) in [4.78, 5) is 0. The van der Waals surface area contributed by atoms with Crippen molar-refractivity contribution in [2.75, 3.05) is 13.1 Å². The second-order valence-corrected chi connectivity index (χ2v) is 2.11. The van der Waals surface area contributed by atoms with Crippen molar-refractivity contribution in [2.45, 2.75) is 6.42 Å². The van der Waals surface area contributed by atoms with Gasteiger partial charge in [-0.15, -0.1) is 0 Å². The molecule has 0 aromatic carbocycles. The van der Waals surface area contributed by atoms with E-state index in [2.05, 4.69) is 12.2 Å². The van der Waals surface area contributed by atoms with E-state index in [1.54, 1.807) is 4.42 Å². The average Bonchev–Trinajstić information content (AvgIpc) is 1.69. The highest BCUT2D eigenvalue weighted by molar-refractivity contribution is 6.13. The minimum Gasteiger partial charge on any atom is -0.216 e. The summed E-state index contributed by atoms with van der Waals surface area (Å²) < 4.78 is 1.78. The zero-order valence-corrected chi connectivity index (χ0v) is 4.86. The molecule has 7 heavy (non-hydrogen) atoms. The molecule has 40 valence electrons. The van der Waals surface area contributed by atoms with Crippen LogP contribution in [0.3, 0.4) is 0 Å². The molecule has 2 heteroatoms. The molecule has 1 aliphatic rings. The fraction of sp³-hybridized carbons (Fsp3) is 0.600. The molecule has 0 unspecified atom stereocenters. The first-order valence-corrected chi connectivity index (χ1v) is 2.79. The summed E-state index contributed by atoms with van der Waals surface area (Å²) in [6, 6.07) is 0. The third kappa shape index (κ3) is 1.49. The molecule has 0 bridgehead atoms. The maximum Gasteiger partial charge on any atom is 0.0319 e. The topological polar surface area (TPSA) is 3.24 Å². The summed E-state index contributed by atoms with van der Waals surface area (Å²) in [5.41, 5.74) is 0. The zero-order valence-electron chi connectivity index (χ0n) is 4.10. The van der Waals surface area contributed by atoms with Crippen LogP contribution < -0.4 is 0 Å². The quantitative estimate of drug-likeness (QED) is 0.343. The fourth-order valence-electron chi connectivity index (χ4n) is 0.613. The van der Waals surface area contributed by atoms with Crippen molar-refractivity contribution in [3.05, 3.63) is 12.2 Å². The molecule has 0 saturated heterocycles. The Hall–Kier alpha value is -0.0100. The van der Waals surface area contributed by atoms with E-state index in [9.17, 15) is 0 Å². The zero-order chi connectivity index (χ0) is 5.11. The predicted molar refractivity (Wildman–Crippen MR) is 31.2 cm³/mol. The maximum atomic E-state index is 5.60. The molecule has 0 atom stereocenters. The van der Waals surface area contributed by atoms with Crippen LogP contribution in [0.5, 0.6) is 0 Å². The molecule has 0 N–H and O–H groups in total. The van der Waals surface area contributed by atoms with Gasteiger partial charge in [0.1, 0.15) is 0 Å². The van der Waals surface area contributed by atoms with Crippen LogP contribution in [0, 0.1) is 0 Å². The molecule has 0 amide bonds. The van der Waals surface area contributed by atoms with Gasteiger partial charge in [-0.1, -0.05) is 12.2 Å². The Balaban J connectivity index is 2.32. The van der Waals surface area contributed by atoms with E-state index in [0.717, 1.165) is 19.5 Å². The molecule has 0 spiro atoms. The van der Waals surface area contributed by atoms with Gasteiger partial charge in [-0.25, -0.2) is 4.42 Å².